The second-order valence-electron chi connectivity index (χ2n) is 5.54. The number of sulfonamides is 1. The summed E-state index contributed by atoms with van der Waals surface area (Å²) in [6, 6.07) is 0. The third-order valence-corrected chi connectivity index (χ3v) is 4.85. The molecule has 0 saturated carbocycles. The van der Waals surface area contributed by atoms with Gasteiger partial charge in [0.05, 0.1) is 4.75 Å². The van der Waals surface area contributed by atoms with Gasteiger partial charge < -0.3 is 0 Å². The molecular formula is C10H22BrNO2S. The van der Waals surface area contributed by atoms with Crippen LogP contribution < -0.4 is 4.72 Å². The number of nitrogens with one attached hydrogen (secondary N) is 1. The van der Waals surface area contributed by atoms with Crippen LogP contribution in [0.15, 0.2) is 0 Å². The summed E-state index contributed by atoms with van der Waals surface area (Å²) in [7, 11) is -3.21. The van der Waals surface area contributed by atoms with Crippen molar-refractivity contribution in [2.45, 2.75) is 45.8 Å². The van der Waals surface area contributed by atoms with Crippen molar-refractivity contribution in [1.29, 1.82) is 0 Å². The van der Waals surface area contributed by atoms with Crippen molar-refractivity contribution in [2.75, 3.05) is 11.9 Å². The summed E-state index contributed by atoms with van der Waals surface area (Å²) in [5, 5.41) is 0.886. The van der Waals surface area contributed by atoms with Gasteiger partial charge >= 0.3 is 0 Å². The summed E-state index contributed by atoms with van der Waals surface area (Å²) in [4.78, 5) is 0. The van der Waals surface area contributed by atoms with Crippen LogP contribution in [0.3, 0.4) is 0 Å². The summed E-state index contributed by atoms with van der Waals surface area (Å²) in [6.07, 6.45) is 0.944. The first-order chi connectivity index (χ1) is 6.52. The van der Waals surface area contributed by atoms with E-state index in [1.165, 1.54) is 0 Å². The largest absolute Gasteiger partial charge is 0.216 e. The van der Waals surface area contributed by atoms with Crippen molar-refractivity contribution in [2.24, 2.45) is 5.41 Å². The molecule has 0 fully saturated rings. The number of hydrogen-bond acceptors (Lipinski definition) is 2. The van der Waals surface area contributed by atoms with E-state index < -0.39 is 14.8 Å². The lowest BCUT2D eigenvalue weighted by Crippen LogP contribution is -2.43. The highest BCUT2D eigenvalue weighted by molar-refractivity contribution is 9.09. The second kappa shape index (κ2) is 5.15. The van der Waals surface area contributed by atoms with Gasteiger partial charge in [-0.2, -0.15) is 0 Å². The summed E-state index contributed by atoms with van der Waals surface area (Å²) in [5.74, 6) is 0. The van der Waals surface area contributed by atoms with E-state index in [2.05, 4.69) is 34.5 Å². The Morgan fingerprint density at radius 1 is 1.13 bits per heavy atom. The first kappa shape index (κ1) is 15.4. The Labute approximate surface area is 102 Å². The zero-order valence-electron chi connectivity index (χ0n) is 10.2. The fourth-order valence-corrected chi connectivity index (χ4v) is 2.94. The highest BCUT2D eigenvalue weighted by Crippen LogP contribution is 2.22. The van der Waals surface area contributed by atoms with Gasteiger partial charge in [0.15, 0.2) is 0 Å². The molecule has 0 aliphatic heterocycles. The lowest BCUT2D eigenvalue weighted by Gasteiger charge is -2.27. The van der Waals surface area contributed by atoms with Gasteiger partial charge in [-0.05, 0) is 32.6 Å². The van der Waals surface area contributed by atoms with Gasteiger partial charge in [0, 0.05) is 11.9 Å². The standard InChI is InChI=1S/C10H22BrNO2S/c1-9(2,3)15(13,14)12-8-10(4,5)6-7-11/h12H,6-8H2,1-5H3. The molecule has 0 aromatic heterocycles. The highest BCUT2D eigenvalue weighted by Gasteiger charge is 2.30. The zero-order chi connectivity index (χ0) is 12.3. The van der Waals surface area contributed by atoms with Crippen molar-refractivity contribution in [3.8, 4) is 0 Å². The Bertz CT molecular complexity index is 291. The van der Waals surface area contributed by atoms with Crippen molar-refractivity contribution < 1.29 is 8.42 Å². The van der Waals surface area contributed by atoms with Crippen LogP contribution in [0.1, 0.15) is 41.0 Å². The SMILES string of the molecule is CC(C)(CCBr)CNS(=O)(=O)C(C)(C)C. The van der Waals surface area contributed by atoms with Crippen LogP contribution in [0.5, 0.6) is 0 Å². The molecule has 0 bridgehead atoms. The molecule has 0 unspecified atom stereocenters. The molecule has 0 aromatic carbocycles. The molecule has 0 aliphatic rings. The van der Waals surface area contributed by atoms with Crippen LogP contribution in [-0.4, -0.2) is 25.0 Å². The molecule has 0 radical (unpaired) electrons. The number of hydrogen-bond donors (Lipinski definition) is 1. The minimum Gasteiger partial charge on any atom is -0.214 e. The van der Waals surface area contributed by atoms with Crippen LogP contribution in [0.2, 0.25) is 0 Å². The van der Waals surface area contributed by atoms with Gasteiger partial charge in [0.2, 0.25) is 10.0 Å². The van der Waals surface area contributed by atoms with Crippen molar-refractivity contribution in [3.05, 3.63) is 0 Å². The molecule has 5 heteroatoms. The Balaban J connectivity index is 4.41. The third kappa shape index (κ3) is 5.31. The molecule has 0 rings (SSSR count). The second-order valence-corrected chi connectivity index (χ2v) is 8.85. The first-order valence-corrected chi connectivity index (χ1v) is 7.67. The summed E-state index contributed by atoms with van der Waals surface area (Å²) in [6.45, 7) is 9.70. The van der Waals surface area contributed by atoms with Crippen LogP contribution in [0, 0.1) is 5.41 Å². The molecule has 3 nitrogen and oxygen atoms in total. The van der Waals surface area contributed by atoms with Crippen molar-refractivity contribution >= 4 is 26.0 Å². The summed E-state index contributed by atoms with van der Waals surface area (Å²) < 4.78 is 25.5. The predicted molar refractivity (Wildman–Crippen MR) is 68.9 cm³/mol. The zero-order valence-corrected chi connectivity index (χ0v) is 12.6. The van der Waals surface area contributed by atoms with E-state index >= 15 is 0 Å². The number of halogens is 1. The van der Waals surface area contributed by atoms with Gasteiger partial charge in [0.25, 0.3) is 0 Å². The van der Waals surface area contributed by atoms with Crippen molar-refractivity contribution in [1.82, 2.24) is 4.72 Å². The fraction of sp³-hybridized carbons (Fsp3) is 1.00. The minimum absolute atomic E-state index is 0.0121. The van der Waals surface area contributed by atoms with Gasteiger partial charge in [0.1, 0.15) is 0 Å². The quantitative estimate of drug-likeness (QED) is 0.793. The monoisotopic (exact) mass is 299 g/mol. The fourth-order valence-electron chi connectivity index (χ4n) is 0.851. The molecular weight excluding hydrogens is 278 g/mol. The topological polar surface area (TPSA) is 46.2 Å². The normalized spacial score (nSPS) is 14.3. The van der Waals surface area contributed by atoms with Crippen LogP contribution in [0.4, 0.5) is 0 Å². The summed E-state index contributed by atoms with van der Waals surface area (Å²) in [5.41, 5.74) is -0.0121. The molecule has 0 spiro atoms. The van der Waals surface area contributed by atoms with Crippen LogP contribution in [0.25, 0.3) is 0 Å². The lowest BCUT2D eigenvalue weighted by molar-refractivity contribution is 0.352. The van der Waals surface area contributed by atoms with E-state index in [9.17, 15) is 8.42 Å². The smallest absolute Gasteiger partial charge is 0.214 e. The maximum absolute atomic E-state index is 11.8. The number of rotatable bonds is 5. The molecule has 0 atom stereocenters. The molecule has 0 heterocycles. The maximum atomic E-state index is 11.8. The van der Waals surface area contributed by atoms with E-state index in [0.717, 1.165) is 11.8 Å². The average Bonchev–Trinajstić information content (AvgIpc) is 1.99. The van der Waals surface area contributed by atoms with Crippen LogP contribution in [-0.2, 0) is 10.0 Å². The Kier molecular flexibility index (Phi) is 5.28. The molecule has 0 aliphatic carbocycles. The average molecular weight is 300 g/mol. The predicted octanol–water partition coefficient (Wildman–Crippen LogP) is 2.52. The Morgan fingerprint density at radius 3 is 1.93 bits per heavy atom. The maximum Gasteiger partial charge on any atom is 0.216 e. The van der Waals surface area contributed by atoms with E-state index in [1.54, 1.807) is 20.8 Å². The van der Waals surface area contributed by atoms with Gasteiger partial charge in [-0.25, -0.2) is 13.1 Å². The van der Waals surface area contributed by atoms with Crippen LogP contribution >= 0.6 is 15.9 Å². The van der Waals surface area contributed by atoms with Gasteiger partial charge in [-0.3, -0.25) is 0 Å². The van der Waals surface area contributed by atoms with E-state index in [1.807, 2.05) is 0 Å². The molecule has 92 valence electrons. The van der Waals surface area contributed by atoms with E-state index in [4.69, 9.17) is 0 Å². The summed E-state index contributed by atoms with van der Waals surface area (Å²) >= 11 is 3.37. The van der Waals surface area contributed by atoms with E-state index in [0.29, 0.717) is 6.54 Å². The molecule has 1 N–H and O–H groups in total. The third-order valence-electron chi connectivity index (χ3n) is 2.32. The first-order valence-electron chi connectivity index (χ1n) is 5.07. The van der Waals surface area contributed by atoms with Crippen molar-refractivity contribution in [3.63, 3.8) is 0 Å². The molecule has 0 aromatic rings. The molecule has 15 heavy (non-hydrogen) atoms. The van der Waals surface area contributed by atoms with E-state index in [-0.39, 0.29) is 5.41 Å². The van der Waals surface area contributed by atoms with Gasteiger partial charge in [-0.1, -0.05) is 29.8 Å². The van der Waals surface area contributed by atoms with Gasteiger partial charge in [-0.15, -0.1) is 0 Å². The minimum atomic E-state index is -3.21. The Morgan fingerprint density at radius 2 is 1.60 bits per heavy atom. The molecule has 0 saturated heterocycles. The Hall–Kier alpha value is 0.390. The highest BCUT2D eigenvalue weighted by atomic mass is 79.9. The number of alkyl halides is 1. The lowest BCUT2D eigenvalue weighted by atomic mass is 9.91. The molecule has 0 amide bonds.